The third-order valence-electron chi connectivity index (χ3n) is 5.05. The first-order chi connectivity index (χ1) is 13.7. The summed E-state index contributed by atoms with van der Waals surface area (Å²) in [7, 11) is 0. The number of carbonyl (C=O) groups is 1. The Kier molecular flexibility index (Phi) is 5.58. The van der Waals surface area contributed by atoms with E-state index in [1.165, 1.54) is 0 Å². The van der Waals surface area contributed by atoms with Crippen molar-refractivity contribution < 1.29 is 14.3 Å². The summed E-state index contributed by atoms with van der Waals surface area (Å²) >= 11 is 0. The highest BCUT2D eigenvalue weighted by molar-refractivity contribution is 5.96. The summed E-state index contributed by atoms with van der Waals surface area (Å²) < 4.78 is 13.6. The Morgan fingerprint density at radius 2 is 2.07 bits per heavy atom. The molecule has 0 saturated carbocycles. The Balaban J connectivity index is 1.38. The molecule has 0 spiro atoms. The van der Waals surface area contributed by atoms with Crippen LogP contribution in [0, 0.1) is 6.92 Å². The second-order valence-corrected chi connectivity index (χ2v) is 7.00. The number of rotatable bonds is 7. The number of imidazole rings is 1. The molecular formula is C22H25N3O3. The number of hydrogen-bond donors (Lipinski definition) is 1. The van der Waals surface area contributed by atoms with Gasteiger partial charge in [-0.05, 0) is 44.0 Å². The fraction of sp³-hybridized carbons (Fsp3) is 0.364. The van der Waals surface area contributed by atoms with Crippen LogP contribution in [0.3, 0.4) is 0 Å². The third kappa shape index (κ3) is 4.02. The fourth-order valence-electron chi connectivity index (χ4n) is 3.59. The molecule has 3 aromatic rings. The zero-order valence-corrected chi connectivity index (χ0v) is 16.1. The van der Waals surface area contributed by atoms with Gasteiger partial charge >= 0.3 is 0 Å². The van der Waals surface area contributed by atoms with Crippen LogP contribution in [0.5, 0.6) is 5.75 Å². The van der Waals surface area contributed by atoms with Gasteiger partial charge < -0.3 is 19.4 Å². The molecule has 2 aromatic carbocycles. The molecule has 1 unspecified atom stereocenters. The number of carbonyl (C=O) groups excluding carboxylic acids is 1. The zero-order valence-electron chi connectivity index (χ0n) is 16.1. The molecule has 1 N–H and O–H groups in total. The fourth-order valence-corrected chi connectivity index (χ4v) is 3.59. The lowest BCUT2D eigenvalue weighted by atomic mass is 10.2. The van der Waals surface area contributed by atoms with Crippen LogP contribution in [0.4, 0.5) is 0 Å². The number of para-hydroxylation sites is 3. The molecule has 1 atom stereocenters. The lowest BCUT2D eigenvalue weighted by Crippen LogP contribution is -2.28. The van der Waals surface area contributed by atoms with Crippen LogP contribution >= 0.6 is 0 Å². The second kappa shape index (κ2) is 8.44. The van der Waals surface area contributed by atoms with Crippen molar-refractivity contribution >= 4 is 16.9 Å². The van der Waals surface area contributed by atoms with Crippen molar-refractivity contribution in [3.05, 3.63) is 59.9 Å². The van der Waals surface area contributed by atoms with Crippen LogP contribution < -0.4 is 10.1 Å². The molecule has 4 rings (SSSR count). The molecule has 1 amide bonds. The maximum atomic E-state index is 12.7. The van der Waals surface area contributed by atoms with Crippen LogP contribution in [-0.4, -0.2) is 41.3 Å². The number of nitrogens with zero attached hydrogens (tertiary/aromatic N) is 2. The number of ether oxygens (including phenoxy) is 2. The number of benzene rings is 2. The Bertz CT molecular complexity index is 961. The molecule has 6 nitrogen and oxygen atoms in total. The molecule has 1 saturated heterocycles. The first-order valence-corrected chi connectivity index (χ1v) is 9.76. The number of nitrogens with one attached hydrogen (secondary N) is 1. The lowest BCUT2D eigenvalue weighted by Gasteiger charge is -2.15. The Hall–Kier alpha value is -2.86. The normalized spacial score (nSPS) is 16.4. The van der Waals surface area contributed by atoms with Crippen LogP contribution in [0.2, 0.25) is 0 Å². The molecule has 1 aliphatic heterocycles. The molecule has 146 valence electrons. The van der Waals surface area contributed by atoms with E-state index >= 15 is 0 Å². The number of fused-ring (bicyclic) bond motifs is 1. The van der Waals surface area contributed by atoms with Gasteiger partial charge in [-0.25, -0.2) is 4.98 Å². The van der Waals surface area contributed by atoms with Crippen molar-refractivity contribution in [1.29, 1.82) is 0 Å². The van der Waals surface area contributed by atoms with Crippen molar-refractivity contribution in [3.63, 3.8) is 0 Å². The predicted octanol–water partition coefficient (Wildman–Crippen LogP) is 3.33. The number of aryl methyl sites for hydroxylation is 1. The molecule has 6 heteroatoms. The van der Waals surface area contributed by atoms with Crippen molar-refractivity contribution in [2.45, 2.75) is 32.4 Å². The maximum absolute atomic E-state index is 12.7. The Labute approximate surface area is 164 Å². The minimum Gasteiger partial charge on any atom is -0.490 e. The molecule has 0 aliphatic carbocycles. The minimum absolute atomic E-state index is 0.119. The first-order valence-electron chi connectivity index (χ1n) is 9.76. The molecular weight excluding hydrogens is 354 g/mol. The highest BCUT2D eigenvalue weighted by Gasteiger charge is 2.18. The summed E-state index contributed by atoms with van der Waals surface area (Å²) in [6.07, 6.45) is 2.19. The van der Waals surface area contributed by atoms with Gasteiger partial charge in [0.15, 0.2) is 0 Å². The molecule has 2 heterocycles. The quantitative estimate of drug-likeness (QED) is 0.684. The van der Waals surface area contributed by atoms with Crippen LogP contribution in [0.25, 0.3) is 11.0 Å². The van der Waals surface area contributed by atoms with Gasteiger partial charge in [0, 0.05) is 19.7 Å². The van der Waals surface area contributed by atoms with Crippen molar-refractivity contribution in [3.8, 4) is 5.75 Å². The second-order valence-electron chi connectivity index (χ2n) is 7.00. The number of hydrogen-bond acceptors (Lipinski definition) is 4. The van der Waals surface area contributed by atoms with E-state index in [9.17, 15) is 4.79 Å². The molecule has 0 radical (unpaired) electrons. The summed E-state index contributed by atoms with van der Waals surface area (Å²) in [5.74, 6) is 1.40. The van der Waals surface area contributed by atoms with E-state index in [-0.39, 0.29) is 12.0 Å². The molecule has 1 aromatic heterocycles. The minimum atomic E-state index is -0.134. The topological polar surface area (TPSA) is 65.4 Å². The van der Waals surface area contributed by atoms with Crippen LogP contribution in [0.15, 0.2) is 48.5 Å². The van der Waals surface area contributed by atoms with Gasteiger partial charge in [-0.2, -0.15) is 0 Å². The highest BCUT2D eigenvalue weighted by Crippen LogP contribution is 2.20. The molecule has 1 fully saturated rings. The maximum Gasteiger partial charge on any atom is 0.255 e. The largest absolute Gasteiger partial charge is 0.490 e. The summed E-state index contributed by atoms with van der Waals surface area (Å²) in [5.41, 5.74) is 2.60. The predicted molar refractivity (Wildman–Crippen MR) is 108 cm³/mol. The molecule has 0 bridgehead atoms. The van der Waals surface area contributed by atoms with E-state index < -0.39 is 0 Å². The Morgan fingerprint density at radius 3 is 2.93 bits per heavy atom. The smallest absolute Gasteiger partial charge is 0.255 e. The van der Waals surface area contributed by atoms with E-state index in [2.05, 4.69) is 14.9 Å². The van der Waals surface area contributed by atoms with E-state index in [1.807, 2.05) is 49.4 Å². The van der Waals surface area contributed by atoms with Gasteiger partial charge in [0.2, 0.25) is 0 Å². The van der Waals surface area contributed by atoms with E-state index in [1.54, 1.807) is 6.07 Å². The third-order valence-corrected chi connectivity index (χ3v) is 5.05. The Morgan fingerprint density at radius 1 is 1.25 bits per heavy atom. The lowest BCUT2D eigenvalue weighted by molar-refractivity contribution is 0.0670. The van der Waals surface area contributed by atoms with E-state index in [0.29, 0.717) is 31.0 Å². The van der Waals surface area contributed by atoms with Gasteiger partial charge in [0.1, 0.15) is 18.2 Å². The zero-order chi connectivity index (χ0) is 19.3. The van der Waals surface area contributed by atoms with Crippen LogP contribution in [-0.2, 0) is 11.3 Å². The summed E-state index contributed by atoms with van der Waals surface area (Å²) in [4.78, 5) is 17.3. The van der Waals surface area contributed by atoms with Gasteiger partial charge in [0.25, 0.3) is 5.91 Å². The number of aromatic nitrogens is 2. The highest BCUT2D eigenvalue weighted by atomic mass is 16.5. The summed E-state index contributed by atoms with van der Waals surface area (Å²) in [6, 6.07) is 15.4. The first kappa shape index (κ1) is 18.5. The monoisotopic (exact) mass is 379 g/mol. The van der Waals surface area contributed by atoms with Gasteiger partial charge in [-0.15, -0.1) is 0 Å². The van der Waals surface area contributed by atoms with Crippen LogP contribution in [0.1, 0.15) is 29.0 Å². The SMILES string of the molecule is Cc1nc2ccccc2n1CCNC(=O)c1ccccc1OCC1CCCO1. The van der Waals surface area contributed by atoms with E-state index in [0.717, 1.165) is 36.3 Å². The average molecular weight is 379 g/mol. The summed E-state index contributed by atoms with van der Waals surface area (Å²) in [5, 5.41) is 3.00. The van der Waals surface area contributed by atoms with Gasteiger partial charge in [-0.3, -0.25) is 4.79 Å². The van der Waals surface area contributed by atoms with E-state index in [4.69, 9.17) is 9.47 Å². The number of amides is 1. The van der Waals surface area contributed by atoms with Gasteiger partial charge in [-0.1, -0.05) is 24.3 Å². The standard InChI is InChI=1S/C22H25N3O3/c1-16-24-19-9-3-4-10-20(19)25(16)13-12-23-22(26)18-8-2-5-11-21(18)28-15-17-7-6-14-27-17/h2-5,8-11,17H,6-7,12-15H2,1H3,(H,23,26). The average Bonchev–Trinajstić information content (AvgIpc) is 3.34. The van der Waals surface area contributed by atoms with Crippen molar-refractivity contribution in [2.24, 2.45) is 0 Å². The summed E-state index contributed by atoms with van der Waals surface area (Å²) in [6.45, 7) is 4.43. The van der Waals surface area contributed by atoms with Gasteiger partial charge in [0.05, 0.1) is 22.7 Å². The molecule has 28 heavy (non-hydrogen) atoms. The van der Waals surface area contributed by atoms with Crippen molar-refractivity contribution in [1.82, 2.24) is 14.9 Å². The molecule has 1 aliphatic rings. The van der Waals surface area contributed by atoms with Crippen molar-refractivity contribution in [2.75, 3.05) is 19.8 Å².